The summed E-state index contributed by atoms with van der Waals surface area (Å²) in [6.45, 7) is 2.20. The quantitative estimate of drug-likeness (QED) is 0.628. The minimum Gasteiger partial charge on any atom is -0.468 e. The smallest absolute Gasteiger partial charge is 0.118 e. The number of benzene rings is 2. The van der Waals surface area contributed by atoms with E-state index in [1.54, 1.807) is 6.26 Å². The maximum Gasteiger partial charge on any atom is 0.118 e. The summed E-state index contributed by atoms with van der Waals surface area (Å²) in [5.74, 6) is 0.950. The van der Waals surface area contributed by atoms with Gasteiger partial charge in [0.15, 0.2) is 0 Å². The summed E-state index contributed by atoms with van der Waals surface area (Å²) in [7, 11) is 0. The largest absolute Gasteiger partial charge is 0.468 e. The predicted molar refractivity (Wildman–Crippen MR) is 84.8 cm³/mol. The molecule has 0 radical (unpaired) electrons. The van der Waals surface area contributed by atoms with E-state index in [1.165, 1.54) is 11.1 Å². The summed E-state index contributed by atoms with van der Waals surface area (Å²) in [4.78, 5) is 0. The number of hydrogen-bond acceptors (Lipinski definition) is 1. The summed E-state index contributed by atoms with van der Waals surface area (Å²) >= 11 is 3.49. The van der Waals surface area contributed by atoms with Crippen LogP contribution < -0.4 is 0 Å². The van der Waals surface area contributed by atoms with Crippen LogP contribution in [0.3, 0.4) is 0 Å². The Morgan fingerprint density at radius 3 is 2.05 bits per heavy atom. The van der Waals surface area contributed by atoms with Gasteiger partial charge in [0.2, 0.25) is 0 Å². The highest BCUT2D eigenvalue weighted by Crippen LogP contribution is 2.39. The third kappa shape index (κ3) is 2.20. The highest BCUT2D eigenvalue weighted by molar-refractivity contribution is 9.10. The Hall–Kier alpha value is -1.80. The van der Waals surface area contributed by atoms with Crippen molar-refractivity contribution in [2.24, 2.45) is 0 Å². The second-order valence-electron chi connectivity index (χ2n) is 4.98. The van der Waals surface area contributed by atoms with E-state index >= 15 is 0 Å². The van der Waals surface area contributed by atoms with E-state index < -0.39 is 0 Å². The molecule has 0 aliphatic carbocycles. The van der Waals surface area contributed by atoms with Crippen molar-refractivity contribution in [3.8, 4) is 0 Å². The molecule has 2 aromatic carbocycles. The second kappa shape index (κ2) is 5.29. The van der Waals surface area contributed by atoms with Crippen molar-refractivity contribution in [1.29, 1.82) is 0 Å². The first-order chi connectivity index (χ1) is 9.71. The lowest BCUT2D eigenvalue weighted by Gasteiger charge is -2.29. The van der Waals surface area contributed by atoms with Crippen molar-refractivity contribution in [2.75, 3.05) is 0 Å². The van der Waals surface area contributed by atoms with Gasteiger partial charge in [-0.15, -0.1) is 0 Å². The SMILES string of the molecule is C[C@](c1ccccc1)(c1ccc(Br)cc1)c1ccco1. The van der Waals surface area contributed by atoms with Crippen LogP contribution in [0, 0.1) is 0 Å². The summed E-state index contributed by atoms with van der Waals surface area (Å²) < 4.78 is 6.81. The molecule has 2 heteroatoms. The maximum absolute atomic E-state index is 5.73. The molecule has 1 heterocycles. The van der Waals surface area contributed by atoms with Crippen LogP contribution in [-0.2, 0) is 5.41 Å². The molecule has 0 amide bonds. The van der Waals surface area contributed by atoms with E-state index in [0.29, 0.717) is 0 Å². The average Bonchev–Trinajstić information content (AvgIpc) is 3.03. The molecule has 0 aliphatic rings. The van der Waals surface area contributed by atoms with E-state index in [-0.39, 0.29) is 5.41 Å². The molecule has 3 aromatic rings. The van der Waals surface area contributed by atoms with Gasteiger partial charge in [-0.25, -0.2) is 0 Å². The molecule has 0 N–H and O–H groups in total. The van der Waals surface area contributed by atoms with Gasteiger partial charge in [0.1, 0.15) is 5.76 Å². The van der Waals surface area contributed by atoms with Gasteiger partial charge in [0.25, 0.3) is 0 Å². The van der Waals surface area contributed by atoms with Crippen LogP contribution in [0.15, 0.2) is 81.9 Å². The molecule has 1 aromatic heterocycles. The topological polar surface area (TPSA) is 13.1 Å². The van der Waals surface area contributed by atoms with Gasteiger partial charge >= 0.3 is 0 Å². The van der Waals surface area contributed by atoms with Gasteiger partial charge in [-0.1, -0.05) is 58.4 Å². The van der Waals surface area contributed by atoms with Crippen LogP contribution in [0.5, 0.6) is 0 Å². The molecule has 3 rings (SSSR count). The van der Waals surface area contributed by atoms with Crippen molar-refractivity contribution < 1.29 is 4.42 Å². The minimum atomic E-state index is -0.286. The monoisotopic (exact) mass is 326 g/mol. The Labute approximate surface area is 127 Å². The molecule has 0 saturated heterocycles. The van der Waals surface area contributed by atoms with Crippen LogP contribution in [-0.4, -0.2) is 0 Å². The molecule has 0 aliphatic heterocycles. The normalized spacial score (nSPS) is 13.9. The standard InChI is InChI=1S/C18H15BrO/c1-18(17-8-5-13-20-17,14-6-3-2-4-7-14)15-9-11-16(19)12-10-15/h2-13H,1H3/t18-/m0/s1. The highest BCUT2D eigenvalue weighted by Gasteiger charge is 2.33. The van der Waals surface area contributed by atoms with Gasteiger partial charge in [0.05, 0.1) is 11.7 Å². The molecule has 0 unspecified atom stereocenters. The highest BCUT2D eigenvalue weighted by atomic mass is 79.9. The first kappa shape index (κ1) is 13.2. The Kier molecular flexibility index (Phi) is 3.49. The molecule has 0 bridgehead atoms. The first-order valence-corrected chi connectivity index (χ1v) is 7.36. The lowest BCUT2D eigenvalue weighted by molar-refractivity contribution is 0.447. The molecule has 20 heavy (non-hydrogen) atoms. The first-order valence-electron chi connectivity index (χ1n) is 6.57. The van der Waals surface area contributed by atoms with E-state index in [9.17, 15) is 0 Å². The lowest BCUT2D eigenvalue weighted by atomic mass is 9.74. The fourth-order valence-electron chi connectivity index (χ4n) is 2.57. The van der Waals surface area contributed by atoms with E-state index in [2.05, 4.69) is 71.4 Å². The number of halogens is 1. The summed E-state index contributed by atoms with van der Waals surface area (Å²) in [6.07, 6.45) is 1.73. The summed E-state index contributed by atoms with van der Waals surface area (Å²) in [6, 6.07) is 22.8. The van der Waals surface area contributed by atoms with E-state index in [4.69, 9.17) is 4.42 Å². The van der Waals surface area contributed by atoms with Gasteiger partial charge in [0, 0.05) is 4.47 Å². The van der Waals surface area contributed by atoms with Gasteiger partial charge in [-0.3, -0.25) is 0 Å². The number of hydrogen-bond donors (Lipinski definition) is 0. The van der Waals surface area contributed by atoms with Crippen LogP contribution in [0.25, 0.3) is 0 Å². The number of rotatable bonds is 3. The van der Waals surface area contributed by atoms with Crippen molar-refractivity contribution in [2.45, 2.75) is 12.3 Å². The van der Waals surface area contributed by atoms with Crippen molar-refractivity contribution in [3.05, 3.63) is 94.4 Å². The Morgan fingerprint density at radius 1 is 0.800 bits per heavy atom. The average molecular weight is 327 g/mol. The van der Waals surface area contributed by atoms with Gasteiger partial charge in [-0.05, 0) is 42.3 Å². The second-order valence-corrected chi connectivity index (χ2v) is 5.89. The molecule has 100 valence electrons. The third-order valence-corrected chi connectivity index (χ3v) is 4.32. The summed E-state index contributed by atoms with van der Waals surface area (Å²) in [5.41, 5.74) is 2.14. The van der Waals surface area contributed by atoms with E-state index in [0.717, 1.165) is 10.2 Å². The van der Waals surface area contributed by atoms with Crippen LogP contribution in [0.2, 0.25) is 0 Å². The Bertz CT molecular complexity index is 671. The van der Waals surface area contributed by atoms with E-state index in [1.807, 2.05) is 18.2 Å². The molecule has 0 saturated carbocycles. The molecular formula is C18H15BrO. The van der Waals surface area contributed by atoms with Crippen molar-refractivity contribution in [1.82, 2.24) is 0 Å². The van der Waals surface area contributed by atoms with Crippen LogP contribution >= 0.6 is 15.9 Å². The van der Waals surface area contributed by atoms with Gasteiger partial charge < -0.3 is 4.42 Å². The number of furan rings is 1. The fraction of sp³-hybridized carbons (Fsp3) is 0.111. The van der Waals surface area contributed by atoms with Crippen LogP contribution in [0.1, 0.15) is 23.8 Å². The maximum atomic E-state index is 5.73. The zero-order chi connectivity index (χ0) is 14.0. The Balaban J connectivity index is 2.21. The zero-order valence-corrected chi connectivity index (χ0v) is 12.8. The van der Waals surface area contributed by atoms with Crippen molar-refractivity contribution >= 4 is 15.9 Å². The lowest BCUT2D eigenvalue weighted by Crippen LogP contribution is -2.24. The fourth-order valence-corrected chi connectivity index (χ4v) is 2.83. The van der Waals surface area contributed by atoms with Crippen LogP contribution in [0.4, 0.5) is 0 Å². The van der Waals surface area contributed by atoms with Gasteiger partial charge in [-0.2, -0.15) is 0 Å². The minimum absolute atomic E-state index is 0.286. The zero-order valence-electron chi connectivity index (χ0n) is 11.2. The predicted octanol–water partition coefficient (Wildman–Crippen LogP) is 5.40. The molecule has 1 nitrogen and oxygen atoms in total. The summed E-state index contributed by atoms with van der Waals surface area (Å²) in [5, 5.41) is 0. The van der Waals surface area contributed by atoms with Crippen molar-refractivity contribution in [3.63, 3.8) is 0 Å². The molecule has 1 atom stereocenters. The third-order valence-electron chi connectivity index (χ3n) is 3.79. The molecule has 0 spiro atoms. The molecule has 0 fully saturated rings. The molecular weight excluding hydrogens is 312 g/mol. The Morgan fingerprint density at radius 2 is 1.45 bits per heavy atom.